The van der Waals surface area contributed by atoms with Gasteiger partial charge in [0.05, 0.1) is 39.9 Å². The van der Waals surface area contributed by atoms with Crippen molar-refractivity contribution in [3.05, 3.63) is 210 Å². The molecule has 0 radical (unpaired) electrons. The van der Waals surface area contributed by atoms with E-state index in [0.29, 0.717) is 5.71 Å². The van der Waals surface area contributed by atoms with Crippen LogP contribution in [-0.4, -0.2) is 28.1 Å². The topological polar surface area (TPSA) is 86.0 Å². The molecule has 272 valence electrons. The van der Waals surface area contributed by atoms with Gasteiger partial charge in [0.15, 0.2) is 0 Å². The number of hydrogen-bond acceptors (Lipinski definition) is 6. The second-order valence-electron chi connectivity index (χ2n) is 14.4. The number of aliphatic imine (C=N–C) groups is 1. The van der Waals surface area contributed by atoms with Crippen molar-refractivity contribution in [2.75, 3.05) is 6.54 Å². The highest BCUT2D eigenvalue weighted by Gasteiger charge is 2.23. The molecule has 0 amide bonds. The zero-order valence-electron chi connectivity index (χ0n) is 31.2. The largest absolute Gasteiger partial charge is 0.380 e. The van der Waals surface area contributed by atoms with Crippen molar-refractivity contribution in [2.24, 2.45) is 4.99 Å². The summed E-state index contributed by atoms with van der Waals surface area (Å²) in [5, 5.41) is 20.6. The summed E-state index contributed by atoms with van der Waals surface area (Å²) in [7, 11) is 0. The lowest BCUT2D eigenvalue weighted by Gasteiger charge is -2.25. The summed E-state index contributed by atoms with van der Waals surface area (Å²) >= 11 is 0. The summed E-state index contributed by atoms with van der Waals surface area (Å²) in [4.78, 5) is 15.2. The molecule has 2 aliphatic heterocycles. The van der Waals surface area contributed by atoms with Gasteiger partial charge >= 0.3 is 0 Å². The summed E-state index contributed by atoms with van der Waals surface area (Å²) in [6.45, 7) is 0.756. The first-order valence-electron chi connectivity index (χ1n) is 19.4. The monoisotopic (exact) mass is 734 g/mol. The van der Waals surface area contributed by atoms with Gasteiger partial charge in [-0.25, -0.2) is 9.98 Å². The minimum absolute atomic E-state index is 0.456. The molecule has 1 aliphatic carbocycles. The van der Waals surface area contributed by atoms with Crippen LogP contribution in [0.4, 0.5) is 0 Å². The maximum Gasteiger partial charge on any atom is 0.138 e. The van der Waals surface area contributed by atoms with Gasteiger partial charge in [0.25, 0.3) is 0 Å². The normalized spacial score (nSPS) is 15.5. The fraction of sp³-hybridized carbons (Fsp3) is 0.0588. The van der Waals surface area contributed by atoms with Crippen LogP contribution >= 0.6 is 0 Å². The number of nitrogens with one attached hydrogen (secondary N) is 3. The smallest absolute Gasteiger partial charge is 0.138 e. The Morgan fingerprint density at radius 2 is 1.30 bits per heavy atom. The first-order chi connectivity index (χ1) is 28.2. The average molecular weight is 735 g/mol. The van der Waals surface area contributed by atoms with Crippen LogP contribution < -0.4 is 10.6 Å². The van der Waals surface area contributed by atoms with Gasteiger partial charge in [-0.2, -0.15) is 0 Å². The second kappa shape index (κ2) is 14.7. The number of dihydropyridines is 1. The maximum atomic E-state index is 8.86. The molecular formula is C51H38N6. The van der Waals surface area contributed by atoms with Gasteiger partial charge in [-0.1, -0.05) is 133 Å². The molecule has 4 heterocycles. The molecule has 2 aromatic heterocycles. The molecule has 0 saturated carbocycles. The Hall–Kier alpha value is -7.44. The van der Waals surface area contributed by atoms with Crippen LogP contribution in [0.2, 0.25) is 0 Å². The van der Waals surface area contributed by atoms with Crippen LogP contribution in [0.15, 0.2) is 198 Å². The van der Waals surface area contributed by atoms with Gasteiger partial charge in [-0.3, -0.25) is 4.98 Å². The number of pyridine rings is 2. The van der Waals surface area contributed by atoms with Crippen LogP contribution in [0, 0.1) is 5.41 Å². The van der Waals surface area contributed by atoms with E-state index in [1.54, 1.807) is 0 Å². The van der Waals surface area contributed by atoms with Crippen molar-refractivity contribution in [1.82, 2.24) is 20.6 Å². The summed E-state index contributed by atoms with van der Waals surface area (Å²) in [5.74, 6) is 0.775. The highest BCUT2D eigenvalue weighted by atomic mass is 15.0. The number of allylic oxidation sites excluding steroid dienone is 5. The average Bonchev–Trinajstić information content (AvgIpc) is 3.29. The molecule has 0 bridgehead atoms. The van der Waals surface area contributed by atoms with Crippen molar-refractivity contribution in [3.8, 4) is 33.6 Å². The highest BCUT2D eigenvalue weighted by molar-refractivity contribution is 6.21. The predicted octanol–water partition coefficient (Wildman–Crippen LogP) is 11.2. The van der Waals surface area contributed by atoms with Crippen LogP contribution in [0.1, 0.15) is 29.7 Å². The lowest BCUT2D eigenvalue weighted by atomic mass is 9.86. The lowest BCUT2D eigenvalue weighted by Crippen LogP contribution is -2.30. The fourth-order valence-corrected chi connectivity index (χ4v) is 8.08. The van der Waals surface area contributed by atoms with E-state index >= 15 is 0 Å². The standard InChI is InChI=1S/C51H38N6/c52-42(33-14-2-1-3-15-33)32-46-41-20-8-9-22-44(41)56-51(57-46)35-26-24-34(25-27-35)49-37-16-4-6-18-39(37)50(40-19-7-5-17-38(40)49)48-31-36(43-21-10-12-28-53-43)30-47(55-48)45-23-11-13-29-54-45/h1-7,10-28,30-32,52,54H,8-9,29H2,(H,56,57)/b46-32-,52-42?. The third-order valence-electron chi connectivity index (χ3n) is 10.8. The highest BCUT2D eigenvalue weighted by Crippen LogP contribution is 2.44. The Labute approximate surface area is 331 Å². The SMILES string of the molecule is N=C(/C=C1\NC(c2ccc(-c3c4ccccc4c(-c4cc(-c5ccccn5)cc(C5=CC=CCN5)n4)c4ccccc34)cc2)=NC2=CCCC=C21)c1ccccc1. The van der Waals surface area contributed by atoms with Crippen LogP contribution in [0.5, 0.6) is 0 Å². The Balaban J connectivity index is 1.09. The third kappa shape index (κ3) is 6.47. The minimum Gasteiger partial charge on any atom is -0.380 e. The first-order valence-corrected chi connectivity index (χ1v) is 19.4. The number of fused-ring (bicyclic) bond motifs is 3. The summed E-state index contributed by atoms with van der Waals surface area (Å²) in [6.07, 6.45) is 16.4. The summed E-state index contributed by atoms with van der Waals surface area (Å²) in [6, 6.07) is 46.3. The van der Waals surface area contributed by atoms with Gasteiger partial charge < -0.3 is 16.0 Å². The van der Waals surface area contributed by atoms with Crippen LogP contribution in [0.3, 0.4) is 0 Å². The lowest BCUT2D eigenvalue weighted by molar-refractivity contribution is 0.946. The second-order valence-corrected chi connectivity index (χ2v) is 14.4. The zero-order valence-corrected chi connectivity index (χ0v) is 31.2. The molecular weight excluding hydrogens is 697 g/mol. The third-order valence-corrected chi connectivity index (χ3v) is 10.8. The fourth-order valence-electron chi connectivity index (χ4n) is 8.08. The van der Waals surface area contributed by atoms with E-state index in [4.69, 9.17) is 20.4 Å². The zero-order chi connectivity index (χ0) is 38.1. The molecule has 7 aromatic rings. The van der Waals surface area contributed by atoms with Gasteiger partial charge in [0.2, 0.25) is 0 Å². The van der Waals surface area contributed by atoms with Crippen molar-refractivity contribution < 1.29 is 0 Å². The molecule has 3 N–H and O–H groups in total. The minimum atomic E-state index is 0.456. The maximum absolute atomic E-state index is 8.86. The van der Waals surface area contributed by atoms with Gasteiger partial charge in [-0.05, 0) is 87.5 Å². The summed E-state index contributed by atoms with van der Waals surface area (Å²) < 4.78 is 0. The quantitative estimate of drug-likeness (QED) is 0.112. The molecule has 6 heteroatoms. The van der Waals surface area contributed by atoms with E-state index in [1.807, 2.05) is 54.7 Å². The molecule has 57 heavy (non-hydrogen) atoms. The predicted molar refractivity (Wildman–Crippen MR) is 235 cm³/mol. The molecule has 3 aliphatic rings. The van der Waals surface area contributed by atoms with Crippen LogP contribution in [0.25, 0.3) is 60.9 Å². The van der Waals surface area contributed by atoms with Crippen molar-refractivity contribution in [3.63, 3.8) is 0 Å². The van der Waals surface area contributed by atoms with E-state index in [-0.39, 0.29) is 0 Å². The molecule has 0 saturated heterocycles. The molecule has 0 fully saturated rings. The van der Waals surface area contributed by atoms with E-state index in [1.165, 1.54) is 5.56 Å². The number of benzene rings is 5. The molecule has 5 aromatic carbocycles. The van der Waals surface area contributed by atoms with Crippen molar-refractivity contribution in [1.29, 1.82) is 5.41 Å². The van der Waals surface area contributed by atoms with E-state index in [0.717, 1.165) is 114 Å². The Kier molecular flexibility index (Phi) is 8.76. The molecule has 0 spiro atoms. The number of amidine groups is 1. The van der Waals surface area contributed by atoms with Gasteiger partial charge in [0, 0.05) is 35.0 Å². The first kappa shape index (κ1) is 34.1. The molecule has 0 unspecified atom stereocenters. The summed E-state index contributed by atoms with van der Waals surface area (Å²) in [5.41, 5.74) is 13.3. The van der Waals surface area contributed by atoms with E-state index in [2.05, 4.69) is 132 Å². The van der Waals surface area contributed by atoms with Gasteiger partial charge in [-0.15, -0.1) is 0 Å². The molecule has 6 nitrogen and oxygen atoms in total. The van der Waals surface area contributed by atoms with Crippen LogP contribution in [-0.2, 0) is 0 Å². The van der Waals surface area contributed by atoms with Gasteiger partial charge in [0.1, 0.15) is 5.84 Å². The van der Waals surface area contributed by atoms with E-state index in [9.17, 15) is 0 Å². The number of rotatable bonds is 7. The number of hydrogen-bond donors (Lipinski definition) is 3. The number of nitrogens with zero attached hydrogens (tertiary/aromatic N) is 3. The van der Waals surface area contributed by atoms with E-state index < -0.39 is 0 Å². The number of aromatic nitrogens is 2. The van der Waals surface area contributed by atoms with Crippen molar-refractivity contribution in [2.45, 2.75) is 12.8 Å². The Morgan fingerprint density at radius 3 is 2.00 bits per heavy atom. The Morgan fingerprint density at radius 1 is 0.632 bits per heavy atom. The Bertz CT molecular complexity index is 2860. The van der Waals surface area contributed by atoms with Crippen molar-refractivity contribution >= 4 is 38.8 Å². The molecule has 10 rings (SSSR count). The molecule has 0 atom stereocenters.